The third kappa shape index (κ3) is 2.93. The molecule has 0 aliphatic carbocycles. The zero-order valence-electron chi connectivity index (χ0n) is 10.6. The second kappa shape index (κ2) is 5.69. The van der Waals surface area contributed by atoms with Crippen molar-refractivity contribution in [3.05, 3.63) is 77.4 Å². The van der Waals surface area contributed by atoms with Gasteiger partial charge in [0.05, 0.1) is 0 Å². The van der Waals surface area contributed by atoms with Gasteiger partial charge < -0.3 is 15.3 Å². The maximum absolute atomic E-state index is 11.3. The molecule has 102 valence electrons. The number of hydrogen-bond donors (Lipinski definition) is 3. The van der Waals surface area contributed by atoms with E-state index in [1.165, 1.54) is 18.2 Å². The van der Waals surface area contributed by atoms with Crippen LogP contribution in [0.4, 0.5) is 0 Å². The Morgan fingerprint density at radius 1 is 0.900 bits per heavy atom. The lowest BCUT2D eigenvalue weighted by atomic mass is 9.95. The van der Waals surface area contributed by atoms with Crippen molar-refractivity contribution in [2.24, 2.45) is 0 Å². The minimum absolute atomic E-state index is 0.101. The Bertz CT molecular complexity index is 615. The molecule has 20 heavy (non-hydrogen) atoms. The molecule has 0 radical (unpaired) electrons. The molecule has 2 aromatic carbocycles. The van der Waals surface area contributed by atoms with Crippen LogP contribution in [0.3, 0.4) is 0 Å². The molecule has 0 heterocycles. The van der Waals surface area contributed by atoms with E-state index in [1.807, 2.05) is 0 Å². The molecule has 0 atom stereocenters. The molecule has 0 unspecified atom stereocenters. The second-order valence-corrected chi connectivity index (χ2v) is 4.31. The van der Waals surface area contributed by atoms with Crippen molar-refractivity contribution in [2.75, 3.05) is 0 Å². The highest BCUT2D eigenvalue weighted by Gasteiger charge is 2.35. The molecule has 0 amide bonds. The minimum Gasteiger partial charge on any atom is -0.478 e. The van der Waals surface area contributed by atoms with Crippen LogP contribution < -0.4 is 0 Å². The summed E-state index contributed by atoms with van der Waals surface area (Å²) in [6, 6.07) is 16.5. The largest absolute Gasteiger partial charge is 0.478 e. The molecule has 4 nitrogen and oxygen atoms in total. The highest BCUT2D eigenvalue weighted by molar-refractivity contribution is 5.94. The summed E-state index contributed by atoms with van der Waals surface area (Å²) < 4.78 is 0. The lowest BCUT2D eigenvalue weighted by Crippen LogP contribution is -2.31. The molecule has 0 aliphatic rings. The SMILES string of the molecule is O=C(O)C(=Cc1ccccc1)C(O)(O)c1ccccc1. The van der Waals surface area contributed by atoms with Gasteiger partial charge in [0.15, 0.2) is 0 Å². The van der Waals surface area contributed by atoms with Crippen LogP contribution in [0.2, 0.25) is 0 Å². The van der Waals surface area contributed by atoms with Gasteiger partial charge in [-0.25, -0.2) is 4.79 Å². The molecule has 2 rings (SSSR count). The molecule has 0 spiro atoms. The first kappa shape index (κ1) is 14.0. The molecule has 2 aromatic rings. The molecule has 3 N–H and O–H groups in total. The maximum atomic E-state index is 11.3. The van der Waals surface area contributed by atoms with Crippen LogP contribution in [0.25, 0.3) is 6.08 Å². The fourth-order valence-electron chi connectivity index (χ4n) is 1.85. The van der Waals surface area contributed by atoms with E-state index in [0.717, 1.165) is 0 Å². The molecule has 4 heteroatoms. The Labute approximate surface area is 116 Å². The van der Waals surface area contributed by atoms with E-state index in [4.69, 9.17) is 0 Å². The lowest BCUT2D eigenvalue weighted by molar-refractivity contribution is -0.157. The average Bonchev–Trinajstić information content (AvgIpc) is 2.46. The zero-order chi connectivity index (χ0) is 14.6. The van der Waals surface area contributed by atoms with Gasteiger partial charge in [-0.05, 0) is 11.6 Å². The topological polar surface area (TPSA) is 77.8 Å². The summed E-state index contributed by atoms with van der Waals surface area (Å²) in [7, 11) is 0. The molecule has 0 saturated heterocycles. The summed E-state index contributed by atoms with van der Waals surface area (Å²) in [4.78, 5) is 11.3. The van der Waals surface area contributed by atoms with Gasteiger partial charge in [-0.15, -0.1) is 0 Å². The van der Waals surface area contributed by atoms with E-state index in [0.29, 0.717) is 5.56 Å². The van der Waals surface area contributed by atoms with Crippen LogP contribution in [0, 0.1) is 0 Å². The van der Waals surface area contributed by atoms with E-state index in [1.54, 1.807) is 48.5 Å². The van der Waals surface area contributed by atoms with Crippen LogP contribution >= 0.6 is 0 Å². The number of hydrogen-bond acceptors (Lipinski definition) is 3. The van der Waals surface area contributed by atoms with Gasteiger partial charge in [0.2, 0.25) is 5.79 Å². The first-order chi connectivity index (χ1) is 9.51. The minimum atomic E-state index is -2.55. The maximum Gasteiger partial charge on any atom is 0.337 e. The molecule has 0 bridgehead atoms. The number of aliphatic carboxylic acids is 1. The first-order valence-corrected chi connectivity index (χ1v) is 6.02. The fourth-order valence-corrected chi connectivity index (χ4v) is 1.85. The van der Waals surface area contributed by atoms with Gasteiger partial charge >= 0.3 is 5.97 Å². The van der Waals surface area contributed by atoms with Gasteiger partial charge in [-0.1, -0.05) is 60.7 Å². The number of carboxylic acids is 1. The summed E-state index contributed by atoms with van der Waals surface area (Å²) >= 11 is 0. The molecule has 0 fully saturated rings. The van der Waals surface area contributed by atoms with Crippen LogP contribution in [0.5, 0.6) is 0 Å². The zero-order valence-corrected chi connectivity index (χ0v) is 10.6. The Hall–Kier alpha value is -2.43. The summed E-state index contributed by atoms with van der Waals surface area (Å²) in [5.74, 6) is -3.94. The molecule has 0 aromatic heterocycles. The van der Waals surface area contributed by atoms with Gasteiger partial charge in [0.25, 0.3) is 0 Å². The average molecular weight is 270 g/mol. The molecule has 0 aliphatic heterocycles. The summed E-state index contributed by atoms with van der Waals surface area (Å²) in [6.45, 7) is 0. The lowest BCUT2D eigenvalue weighted by Gasteiger charge is -2.23. The first-order valence-electron chi connectivity index (χ1n) is 6.02. The summed E-state index contributed by atoms with van der Waals surface area (Å²) in [5, 5.41) is 29.6. The number of carbonyl (C=O) groups is 1. The van der Waals surface area contributed by atoms with Gasteiger partial charge in [0.1, 0.15) is 5.57 Å². The Morgan fingerprint density at radius 2 is 1.40 bits per heavy atom. The Morgan fingerprint density at radius 3 is 1.90 bits per heavy atom. The molecular weight excluding hydrogens is 256 g/mol. The number of carboxylic acid groups (broad SMARTS) is 1. The monoisotopic (exact) mass is 270 g/mol. The van der Waals surface area contributed by atoms with Gasteiger partial charge in [-0.3, -0.25) is 0 Å². The van der Waals surface area contributed by atoms with E-state index in [-0.39, 0.29) is 5.56 Å². The molecule has 0 saturated carbocycles. The van der Waals surface area contributed by atoms with E-state index >= 15 is 0 Å². The van der Waals surface area contributed by atoms with E-state index < -0.39 is 17.3 Å². The fraction of sp³-hybridized carbons (Fsp3) is 0.0625. The van der Waals surface area contributed by atoms with Crippen molar-refractivity contribution in [1.29, 1.82) is 0 Å². The van der Waals surface area contributed by atoms with Crippen molar-refractivity contribution >= 4 is 12.0 Å². The van der Waals surface area contributed by atoms with Crippen LogP contribution in [-0.4, -0.2) is 21.3 Å². The smallest absolute Gasteiger partial charge is 0.337 e. The van der Waals surface area contributed by atoms with Crippen molar-refractivity contribution in [1.82, 2.24) is 0 Å². The number of rotatable bonds is 4. The van der Waals surface area contributed by atoms with Crippen molar-refractivity contribution in [2.45, 2.75) is 5.79 Å². The van der Waals surface area contributed by atoms with Crippen molar-refractivity contribution < 1.29 is 20.1 Å². The predicted molar refractivity (Wildman–Crippen MR) is 74.6 cm³/mol. The molecular formula is C16H14O4. The Kier molecular flexibility index (Phi) is 3.98. The number of aliphatic hydroxyl groups is 2. The van der Waals surface area contributed by atoms with Gasteiger partial charge in [-0.2, -0.15) is 0 Å². The van der Waals surface area contributed by atoms with E-state index in [2.05, 4.69) is 0 Å². The quantitative estimate of drug-likeness (QED) is 0.586. The third-order valence-corrected chi connectivity index (χ3v) is 2.89. The second-order valence-electron chi connectivity index (χ2n) is 4.31. The van der Waals surface area contributed by atoms with Crippen LogP contribution in [-0.2, 0) is 10.6 Å². The van der Waals surface area contributed by atoms with Crippen LogP contribution in [0.1, 0.15) is 11.1 Å². The normalized spacial score (nSPS) is 12.2. The predicted octanol–water partition coefficient (Wildman–Crippen LogP) is 1.99. The third-order valence-electron chi connectivity index (χ3n) is 2.89. The standard InChI is InChI=1S/C16H14O4/c17-15(18)14(11-12-7-3-1-4-8-12)16(19,20)13-9-5-2-6-10-13/h1-11,19-20H,(H,17,18). The Balaban J connectivity index is 2.49. The summed E-state index contributed by atoms with van der Waals surface area (Å²) in [6.07, 6.45) is 1.25. The van der Waals surface area contributed by atoms with Crippen molar-refractivity contribution in [3.63, 3.8) is 0 Å². The highest BCUT2D eigenvalue weighted by Crippen LogP contribution is 2.28. The number of benzene rings is 2. The van der Waals surface area contributed by atoms with Crippen LogP contribution in [0.15, 0.2) is 66.2 Å². The summed E-state index contributed by atoms with van der Waals surface area (Å²) in [5.41, 5.74) is 0.174. The van der Waals surface area contributed by atoms with E-state index in [9.17, 15) is 20.1 Å². The van der Waals surface area contributed by atoms with Gasteiger partial charge in [0, 0.05) is 5.56 Å². The van der Waals surface area contributed by atoms with Crippen molar-refractivity contribution in [3.8, 4) is 0 Å². The highest BCUT2D eigenvalue weighted by atomic mass is 16.5.